The van der Waals surface area contributed by atoms with Crippen LogP contribution in [0.5, 0.6) is 5.75 Å². The van der Waals surface area contributed by atoms with Gasteiger partial charge in [0.05, 0.1) is 30.4 Å². The normalized spacial score (nSPS) is 12.4. The zero-order valence-corrected chi connectivity index (χ0v) is 10.6. The molecule has 0 bridgehead atoms. The molecule has 0 amide bonds. The van der Waals surface area contributed by atoms with Crippen molar-refractivity contribution >= 4 is 11.5 Å². The van der Waals surface area contributed by atoms with Crippen LogP contribution in [0.25, 0.3) is 0 Å². The van der Waals surface area contributed by atoms with Gasteiger partial charge in [-0.2, -0.15) is 0 Å². The van der Waals surface area contributed by atoms with Crippen molar-refractivity contribution in [2.24, 2.45) is 0 Å². The Morgan fingerprint density at radius 2 is 2.29 bits per heavy atom. The minimum atomic E-state index is 0.0719. The number of methoxy groups -OCH3 is 1. The number of ether oxygens (including phenoxy) is 1. The predicted octanol–water partition coefficient (Wildman–Crippen LogP) is 1.64. The molecule has 0 saturated carbocycles. The van der Waals surface area contributed by atoms with Crippen LogP contribution in [-0.2, 0) is 0 Å². The average Bonchev–Trinajstić information content (AvgIpc) is 2.89. The summed E-state index contributed by atoms with van der Waals surface area (Å²) in [6, 6.07) is 2.04. The van der Waals surface area contributed by atoms with E-state index in [0.717, 1.165) is 22.7 Å². The van der Waals surface area contributed by atoms with E-state index in [0.29, 0.717) is 0 Å². The lowest BCUT2D eigenvalue weighted by molar-refractivity contribution is 0.411. The van der Waals surface area contributed by atoms with E-state index < -0.39 is 0 Å². The van der Waals surface area contributed by atoms with Crippen molar-refractivity contribution in [2.45, 2.75) is 13.0 Å². The molecular formula is C11H14N4OS. The SMILES string of the molecule is CCNC(c1cncc(OC)c1)c1cnns1. The van der Waals surface area contributed by atoms with Crippen molar-refractivity contribution in [3.05, 3.63) is 35.1 Å². The monoisotopic (exact) mass is 250 g/mol. The number of nitrogens with one attached hydrogen (secondary N) is 1. The maximum absolute atomic E-state index is 5.18. The highest BCUT2D eigenvalue weighted by atomic mass is 32.1. The summed E-state index contributed by atoms with van der Waals surface area (Å²) in [5.74, 6) is 0.753. The summed E-state index contributed by atoms with van der Waals surface area (Å²) in [5.41, 5.74) is 1.05. The van der Waals surface area contributed by atoms with Crippen molar-refractivity contribution in [2.75, 3.05) is 13.7 Å². The van der Waals surface area contributed by atoms with E-state index in [1.165, 1.54) is 11.5 Å². The van der Waals surface area contributed by atoms with Crippen LogP contribution in [0.3, 0.4) is 0 Å². The number of rotatable bonds is 5. The molecule has 0 saturated heterocycles. The van der Waals surface area contributed by atoms with Crippen molar-refractivity contribution in [1.82, 2.24) is 19.9 Å². The van der Waals surface area contributed by atoms with Gasteiger partial charge in [0.1, 0.15) is 5.75 Å². The van der Waals surface area contributed by atoms with Crippen LogP contribution in [0.15, 0.2) is 24.7 Å². The molecule has 2 heterocycles. The third-order valence-electron chi connectivity index (χ3n) is 2.37. The molecule has 0 aromatic carbocycles. The quantitative estimate of drug-likeness (QED) is 0.874. The smallest absolute Gasteiger partial charge is 0.137 e. The Kier molecular flexibility index (Phi) is 4.00. The minimum absolute atomic E-state index is 0.0719. The molecule has 2 rings (SSSR count). The molecular weight excluding hydrogens is 236 g/mol. The van der Waals surface area contributed by atoms with E-state index in [1.54, 1.807) is 19.5 Å². The molecule has 0 fully saturated rings. The van der Waals surface area contributed by atoms with Gasteiger partial charge in [-0.25, -0.2) is 0 Å². The molecule has 1 unspecified atom stereocenters. The molecule has 5 nitrogen and oxygen atoms in total. The summed E-state index contributed by atoms with van der Waals surface area (Å²) >= 11 is 1.39. The van der Waals surface area contributed by atoms with Crippen molar-refractivity contribution in [3.8, 4) is 5.75 Å². The Morgan fingerprint density at radius 3 is 2.94 bits per heavy atom. The van der Waals surface area contributed by atoms with E-state index in [9.17, 15) is 0 Å². The molecule has 0 aliphatic heterocycles. The Labute approximate surface area is 104 Å². The zero-order chi connectivity index (χ0) is 12.1. The molecule has 2 aromatic heterocycles. The number of pyridine rings is 1. The summed E-state index contributed by atoms with van der Waals surface area (Å²) in [6.45, 7) is 2.93. The Bertz CT molecular complexity index is 460. The maximum atomic E-state index is 5.18. The van der Waals surface area contributed by atoms with Crippen molar-refractivity contribution < 1.29 is 4.74 Å². The molecule has 0 aliphatic rings. The fraction of sp³-hybridized carbons (Fsp3) is 0.364. The number of hydrogen-bond donors (Lipinski definition) is 1. The summed E-state index contributed by atoms with van der Waals surface area (Å²) < 4.78 is 9.08. The van der Waals surface area contributed by atoms with Crippen molar-refractivity contribution in [3.63, 3.8) is 0 Å². The number of nitrogens with zero attached hydrogens (tertiary/aromatic N) is 3. The highest BCUT2D eigenvalue weighted by Gasteiger charge is 2.16. The molecule has 17 heavy (non-hydrogen) atoms. The van der Waals surface area contributed by atoms with Crippen molar-refractivity contribution in [1.29, 1.82) is 0 Å². The molecule has 6 heteroatoms. The largest absolute Gasteiger partial charge is 0.495 e. The second-order valence-electron chi connectivity index (χ2n) is 3.47. The lowest BCUT2D eigenvalue weighted by Gasteiger charge is -2.16. The minimum Gasteiger partial charge on any atom is -0.495 e. The van der Waals surface area contributed by atoms with Crippen LogP contribution in [0.1, 0.15) is 23.4 Å². The van der Waals surface area contributed by atoms with Gasteiger partial charge in [-0.15, -0.1) is 5.10 Å². The first-order chi connectivity index (χ1) is 8.35. The van der Waals surface area contributed by atoms with Gasteiger partial charge in [0.25, 0.3) is 0 Å². The number of hydrogen-bond acceptors (Lipinski definition) is 6. The summed E-state index contributed by atoms with van der Waals surface area (Å²) in [7, 11) is 1.64. The topological polar surface area (TPSA) is 59.9 Å². The van der Waals surface area contributed by atoms with Gasteiger partial charge in [-0.3, -0.25) is 4.98 Å². The molecule has 90 valence electrons. The van der Waals surface area contributed by atoms with E-state index in [2.05, 4.69) is 26.8 Å². The fourth-order valence-electron chi connectivity index (χ4n) is 1.59. The van der Waals surface area contributed by atoms with Gasteiger partial charge in [0, 0.05) is 6.20 Å². The second-order valence-corrected chi connectivity index (χ2v) is 4.29. The molecule has 0 aliphatic carbocycles. The van der Waals surface area contributed by atoms with Crippen LogP contribution in [0.4, 0.5) is 0 Å². The van der Waals surface area contributed by atoms with Gasteiger partial charge < -0.3 is 10.1 Å². The van der Waals surface area contributed by atoms with E-state index >= 15 is 0 Å². The highest BCUT2D eigenvalue weighted by Crippen LogP contribution is 2.25. The zero-order valence-electron chi connectivity index (χ0n) is 9.75. The lowest BCUT2D eigenvalue weighted by Crippen LogP contribution is -2.21. The highest BCUT2D eigenvalue weighted by molar-refractivity contribution is 7.05. The lowest BCUT2D eigenvalue weighted by atomic mass is 10.1. The van der Waals surface area contributed by atoms with Gasteiger partial charge in [0.15, 0.2) is 0 Å². The van der Waals surface area contributed by atoms with Gasteiger partial charge in [0.2, 0.25) is 0 Å². The molecule has 2 aromatic rings. The Morgan fingerprint density at radius 1 is 1.41 bits per heavy atom. The molecule has 0 radical (unpaired) electrons. The van der Waals surface area contributed by atoms with Crippen LogP contribution >= 0.6 is 11.5 Å². The first-order valence-electron chi connectivity index (χ1n) is 5.34. The number of aromatic nitrogens is 3. The van der Waals surface area contributed by atoms with Crippen LogP contribution in [-0.4, -0.2) is 28.2 Å². The van der Waals surface area contributed by atoms with Gasteiger partial charge in [-0.1, -0.05) is 11.4 Å². The van der Waals surface area contributed by atoms with E-state index in [4.69, 9.17) is 4.74 Å². The summed E-state index contributed by atoms with van der Waals surface area (Å²) in [5, 5.41) is 7.26. The third kappa shape index (κ3) is 2.78. The summed E-state index contributed by atoms with van der Waals surface area (Å²) in [4.78, 5) is 5.24. The van der Waals surface area contributed by atoms with Crippen LogP contribution < -0.4 is 10.1 Å². The molecule has 1 N–H and O–H groups in total. The Balaban J connectivity index is 2.32. The van der Waals surface area contributed by atoms with Gasteiger partial charge >= 0.3 is 0 Å². The van der Waals surface area contributed by atoms with E-state index in [1.807, 2.05) is 12.3 Å². The average molecular weight is 250 g/mol. The fourth-order valence-corrected chi connectivity index (χ4v) is 2.20. The van der Waals surface area contributed by atoms with Gasteiger partial charge in [-0.05, 0) is 29.7 Å². The first-order valence-corrected chi connectivity index (χ1v) is 6.12. The molecule has 1 atom stereocenters. The first kappa shape index (κ1) is 11.9. The standard InChI is InChI=1S/C11H14N4OS/c1-3-13-11(10-7-14-15-17-10)8-4-9(16-2)6-12-5-8/h4-7,11,13H,3H2,1-2H3. The van der Waals surface area contributed by atoms with Crippen LogP contribution in [0, 0.1) is 0 Å². The Hall–Kier alpha value is -1.53. The third-order valence-corrected chi connectivity index (χ3v) is 3.10. The predicted molar refractivity (Wildman–Crippen MR) is 66.2 cm³/mol. The molecule has 0 spiro atoms. The second kappa shape index (κ2) is 5.70. The summed E-state index contributed by atoms with van der Waals surface area (Å²) in [6.07, 6.45) is 5.30. The van der Waals surface area contributed by atoms with E-state index in [-0.39, 0.29) is 6.04 Å². The maximum Gasteiger partial charge on any atom is 0.137 e. The van der Waals surface area contributed by atoms with Crippen LogP contribution in [0.2, 0.25) is 0 Å².